The zero-order valence-corrected chi connectivity index (χ0v) is 20.0. The van der Waals surface area contributed by atoms with Gasteiger partial charge in [-0.05, 0) is 69.7 Å². The first kappa shape index (κ1) is 22.4. The third-order valence-corrected chi connectivity index (χ3v) is 8.59. The van der Waals surface area contributed by atoms with Crippen molar-refractivity contribution in [3.8, 4) is 0 Å². The molecule has 174 valence electrons. The Labute approximate surface area is 196 Å². The van der Waals surface area contributed by atoms with Gasteiger partial charge in [-0.25, -0.2) is 0 Å². The van der Waals surface area contributed by atoms with Crippen LogP contribution in [0.25, 0.3) is 0 Å². The zero-order valence-electron chi connectivity index (χ0n) is 19.2. The molecule has 1 atom stereocenters. The van der Waals surface area contributed by atoms with Crippen molar-refractivity contribution < 1.29 is 4.74 Å². The summed E-state index contributed by atoms with van der Waals surface area (Å²) in [6.07, 6.45) is 13.8. The highest BCUT2D eigenvalue weighted by molar-refractivity contribution is 7.99. The molecular weight excluding hydrogens is 418 g/mol. The third kappa shape index (κ3) is 5.72. The Hall–Kier alpha value is -1.44. The Balaban J connectivity index is 1.23. The second-order valence-electron chi connectivity index (χ2n) is 9.77. The van der Waals surface area contributed by atoms with Gasteiger partial charge in [0.2, 0.25) is 0 Å². The molecule has 3 aliphatic rings. The largest absolute Gasteiger partial charge is 0.376 e. The molecule has 7 heteroatoms. The van der Waals surface area contributed by atoms with Crippen molar-refractivity contribution in [1.82, 2.24) is 24.6 Å². The van der Waals surface area contributed by atoms with Gasteiger partial charge in [-0.1, -0.05) is 37.1 Å². The lowest BCUT2D eigenvalue weighted by Gasteiger charge is -2.31. The van der Waals surface area contributed by atoms with E-state index in [9.17, 15) is 0 Å². The standard InChI is InChI=1S/C25H37N5OS/c1-2-7-20(8-3-1)19-32-25-28-27-24(30(25)18-23-10-6-16-31-23)21-11-14-29(15-12-21)17-22-9-4-5-13-26-22/h4-5,9,13,20-21,23H,1-3,6-8,10-12,14-19H2/t23-/m0/s1. The smallest absolute Gasteiger partial charge is 0.191 e. The van der Waals surface area contributed by atoms with Crippen LogP contribution in [0.1, 0.15) is 75.2 Å². The van der Waals surface area contributed by atoms with Crippen molar-refractivity contribution in [2.24, 2.45) is 5.92 Å². The fourth-order valence-electron chi connectivity index (χ4n) is 5.49. The number of aromatic nitrogens is 4. The number of pyridine rings is 1. The van der Waals surface area contributed by atoms with Crippen molar-refractivity contribution in [3.05, 3.63) is 35.9 Å². The maximum absolute atomic E-state index is 6.00. The number of hydrogen-bond acceptors (Lipinski definition) is 6. The first-order valence-corrected chi connectivity index (χ1v) is 13.6. The Morgan fingerprint density at radius 3 is 2.59 bits per heavy atom. The number of rotatable bonds is 8. The van der Waals surface area contributed by atoms with E-state index in [0.717, 1.165) is 68.8 Å². The van der Waals surface area contributed by atoms with Gasteiger partial charge in [-0.15, -0.1) is 10.2 Å². The second-order valence-corrected chi connectivity index (χ2v) is 10.8. The molecule has 2 aromatic heterocycles. The molecule has 1 saturated carbocycles. The van der Waals surface area contributed by atoms with Gasteiger partial charge in [0.15, 0.2) is 5.16 Å². The number of nitrogens with zero attached hydrogens (tertiary/aromatic N) is 5. The van der Waals surface area contributed by atoms with Gasteiger partial charge in [0.1, 0.15) is 5.82 Å². The number of ether oxygens (including phenoxy) is 1. The molecule has 3 fully saturated rings. The summed E-state index contributed by atoms with van der Waals surface area (Å²) in [4.78, 5) is 7.03. The Morgan fingerprint density at radius 2 is 1.84 bits per heavy atom. The van der Waals surface area contributed by atoms with Crippen molar-refractivity contribution in [3.63, 3.8) is 0 Å². The first-order chi connectivity index (χ1) is 15.8. The molecule has 0 bridgehead atoms. The van der Waals surface area contributed by atoms with E-state index < -0.39 is 0 Å². The van der Waals surface area contributed by atoms with E-state index in [2.05, 4.69) is 26.6 Å². The maximum atomic E-state index is 6.00. The molecule has 4 heterocycles. The van der Waals surface area contributed by atoms with Crippen LogP contribution in [-0.2, 0) is 17.8 Å². The van der Waals surface area contributed by atoms with E-state index >= 15 is 0 Å². The minimum Gasteiger partial charge on any atom is -0.376 e. The number of hydrogen-bond donors (Lipinski definition) is 0. The molecule has 0 spiro atoms. The highest BCUT2D eigenvalue weighted by Gasteiger charge is 2.29. The molecule has 2 saturated heterocycles. The maximum Gasteiger partial charge on any atom is 0.191 e. The lowest BCUT2D eigenvalue weighted by Crippen LogP contribution is -2.34. The highest BCUT2D eigenvalue weighted by atomic mass is 32.2. The molecule has 32 heavy (non-hydrogen) atoms. The summed E-state index contributed by atoms with van der Waals surface area (Å²) in [6.45, 7) is 4.96. The molecule has 0 radical (unpaired) electrons. The molecule has 0 unspecified atom stereocenters. The molecule has 1 aliphatic carbocycles. The SMILES string of the molecule is c1ccc(CN2CCC(c3nnc(SCC4CCCCC4)n3C[C@@H]3CCCO3)CC2)nc1. The van der Waals surface area contributed by atoms with Crippen LogP contribution in [-0.4, -0.2) is 56.2 Å². The van der Waals surface area contributed by atoms with Gasteiger partial charge >= 0.3 is 0 Å². The molecule has 5 rings (SSSR count). The normalized spacial score (nSPS) is 23.7. The van der Waals surface area contributed by atoms with Crippen LogP contribution in [0.2, 0.25) is 0 Å². The summed E-state index contributed by atoms with van der Waals surface area (Å²) >= 11 is 1.94. The van der Waals surface area contributed by atoms with E-state index in [4.69, 9.17) is 14.9 Å². The van der Waals surface area contributed by atoms with Crippen LogP contribution < -0.4 is 0 Å². The molecule has 0 N–H and O–H groups in total. The summed E-state index contributed by atoms with van der Waals surface area (Å²) in [5, 5.41) is 10.6. The molecule has 6 nitrogen and oxygen atoms in total. The van der Waals surface area contributed by atoms with Gasteiger partial charge in [0.25, 0.3) is 0 Å². The average Bonchev–Trinajstić information content (AvgIpc) is 3.50. The molecule has 0 amide bonds. The minimum absolute atomic E-state index is 0.322. The van der Waals surface area contributed by atoms with E-state index in [0.29, 0.717) is 12.0 Å². The Kier molecular flexibility index (Phi) is 7.77. The number of thioether (sulfide) groups is 1. The average molecular weight is 456 g/mol. The van der Waals surface area contributed by atoms with Gasteiger partial charge in [-0.3, -0.25) is 9.88 Å². The van der Waals surface area contributed by atoms with Crippen molar-refractivity contribution >= 4 is 11.8 Å². The van der Waals surface area contributed by atoms with Crippen molar-refractivity contribution in [2.45, 2.75) is 88.1 Å². The second kappa shape index (κ2) is 11.1. The van der Waals surface area contributed by atoms with Crippen LogP contribution in [0.5, 0.6) is 0 Å². The van der Waals surface area contributed by atoms with Crippen LogP contribution >= 0.6 is 11.8 Å². The highest BCUT2D eigenvalue weighted by Crippen LogP contribution is 2.33. The van der Waals surface area contributed by atoms with Crippen LogP contribution in [0.15, 0.2) is 29.6 Å². The van der Waals surface area contributed by atoms with E-state index in [-0.39, 0.29) is 0 Å². The van der Waals surface area contributed by atoms with E-state index in [1.165, 1.54) is 50.1 Å². The molecule has 0 aromatic carbocycles. The van der Waals surface area contributed by atoms with Gasteiger partial charge in [0.05, 0.1) is 18.3 Å². The molecule has 2 aromatic rings. The van der Waals surface area contributed by atoms with Crippen LogP contribution in [0.4, 0.5) is 0 Å². The molecular formula is C25H37N5OS. The quantitative estimate of drug-likeness (QED) is 0.528. The fraction of sp³-hybridized carbons (Fsp3) is 0.720. The number of likely N-dealkylation sites (tertiary alicyclic amines) is 1. The third-order valence-electron chi connectivity index (χ3n) is 7.39. The lowest BCUT2D eigenvalue weighted by atomic mass is 9.91. The fourth-order valence-corrected chi connectivity index (χ4v) is 6.63. The summed E-state index contributed by atoms with van der Waals surface area (Å²) < 4.78 is 8.43. The topological polar surface area (TPSA) is 56.1 Å². The minimum atomic E-state index is 0.322. The van der Waals surface area contributed by atoms with Crippen molar-refractivity contribution in [1.29, 1.82) is 0 Å². The summed E-state index contributed by atoms with van der Waals surface area (Å²) in [5.74, 6) is 3.73. The van der Waals surface area contributed by atoms with Crippen molar-refractivity contribution in [2.75, 3.05) is 25.4 Å². The zero-order chi connectivity index (χ0) is 21.6. The Morgan fingerprint density at radius 1 is 0.969 bits per heavy atom. The monoisotopic (exact) mass is 455 g/mol. The van der Waals surface area contributed by atoms with E-state index in [1.54, 1.807) is 0 Å². The molecule has 2 aliphatic heterocycles. The summed E-state index contributed by atoms with van der Waals surface area (Å²) in [6, 6.07) is 6.19. The number of piperidine rings is 1. The van der Waals surface area contributed by atoms with Crippen LogP contribution in [0.3, 0.4) is 0 Å². The summed E-state index contributed by atoms with van der Waals surface area (Å²) in [7, 11) is 0. The first-order valence-electron chi connectivity index (χ1n) is 12.6. The van der Waals surface area contributed by atoms with Crippen LogP contribution in [0, 0.1) is 5.92 Å². The van der Waals surface area contributed by atoms with E-state index in [1.807, 2.05) is 24.0 Å². The lowest BCUT2D eigenvalue weighted by molar-refractivity contribution is 0.0931. The summed E-state index contributed by atoms with van der Waals surface area (Å²) in [5.41, 5.74) is 1.16. The Bertz CT molecular complexity index is 824. The predicted molar refractivity (Wildman–Crippen MR) is 128 cm³/mol. The van der Waals surface area contributed by atoms with Gasteiger partial charge in [0, 0.05) is 31.0 Å². The van der Waals surface area contributed by atoms with Gasteiger partial charge < -0.3 is 9.30 Å². The predicted octanol–water partition coefficient (Wildman–Crippen LogP) is 4.90. The van der Waals surface area contributed by atoms with Gasteiger partial charge in [-0.2, -0.15) is 0 Å².